The van der Waals surface area contributed by atoms with Crippen molar-refractivity contribution in [1.29, 1.82) is 0 Å². The minimum Gasteiger partial charge on any atom is -0.383 e. The number of aromatic nitrogens is 1. The van der Waals surface area contributed by atoms with Crippen LogP contribution >= 0.6 is 38.9 Å². The second kappa shape index (κ2) is 7.36. The van der Waals surface area contributed by atoms with Gasteiger partial charge in [0.25, 0.3) is 0 Å². The summed E-state index contributed by atoms with van der Waals surface area (Å²) in [6.07, 6.45) is 0. The van der Waals surface area contributed by atoms with Crippen LogP contribution in [0.2, 0.25) is 5.02 Å². The van der Waals surface area contributed by atoms with Gasteiger partial charge in [0.1, 0.15) is 5.01 Å². The van der Waals surface area contributed by atoms with Crippen molar-refractivity contribution in [3.8, 4) is 11.3 Å². The Kier molecular flexibility index (Phi) is 5.78. The summed E-state index contributed by atoms with van der Waals surface area (Å²) < 4.78 is 5.95. The van der Waals surface area contributed by atoms with Gasteiger partial charge in [0, 0.05) is 35.6 Å². The molecule has 19 heavy (non-hydrogen) atoms. The molecule has 2 aromatic rings. The fourth-order valence-corrected chi connectivity index (χ4v) is 3.12. The fourth-order valence-electron chi connectivity index (χ4n) is 1.58. The van der Waals surface area contributed by atoms with Crippen LogP contribution in [0.3, 0.4) is 0 Å². The van der Waals surface area contributed by atoms with Crippen LogP contribution in [0.5, 0.6) is 0 Å². The molecular weight excluding hydrogens is 348 g/mol. The van der Waals surface area contributed by atoms with Crippen LogP contribution in [0.1, 0.15) is 5.01 Å². The van der Waals surface area contributed by atoms with E-state index in [-0.39, 0.29) is 0 Å². The van der Waals surface area contributed by atoms with Gasteiger partial charge >= 0.3 is 0 Å². The lowest BCUT2D eigenvalue weighted by Crippen LogP contribution is -2.18. The summed E-state index contributed by atoms with van der Waals surface area (Å²) in [6, 6.07) is 5.83. The van der Waals surface area contributed by atoms with Crippen molar-refractivity contribution in [2.75, 3.05) is 20.3 Å². The Morgan fingerprint density at radius 2 is 2.32 bits per heavy atom. The van der Waals surface area contributed by atoms with Crippen LogP contribution in [0.4, 0.5) is 0 Å². The monoisotopic (exact) mass is 360 g/mol. The number of nitrogens with zero attached hydrogens (tertiary/aromatic N) is 1. The van der Waals surface area contributed by atoms with Crippen LogP contribution in [0.25, 0.3) is 11.3 Å². The Labute approximate surface area is 130 Å². The summed E-state index contributed by atoms with van der Waals surface area (Å²) in [6.45, 7) is 2.28. The van der Waals surface area contributed by atoms with Crippen molar-refractivity contribution < 1.29 is 4.74 Å². The Balaban J connectivity index is 2.04. The number of rotatable bonds is 6. The quantitative estimate of drug-likeness (QED) is 0.791. The maximum Gasteiger partial charge on any atom is 0.107 e. The highest BCUT2D eigenvalue weighted by atomic mass is 79.9. The smallest absolute Gasteiger partial charge is 0.107 e. The minimum atomic E-state index is 0.705. The van der Waals surface area contributed by atoms with Gasteiger partial charge in [-0.1, -0.05) is 33.6 Å². The topological polar surface area (TPSA) is 34.1 Å². The van der Waals surface area contributed by atoms with Crippen molar-refractivity contribution in [2.45, 2.75) is 6.54 Å². The molecule has 1 aromatic carbocycles. The highest BCUT2D eigenvalue weighted by molar-refractivity contribution is 9.10. The third-order valence-corrected chi connectivity index (χ3v) is 4.17. The average Bonchev–Trinajstić information content (AvgIpc) is 2.83. The molecule has 0 aliphatic carbocycles. The first-order valence-corrected chi connectivity index (χ1v) is 7.85. The zero-order valence-corrected chi connectivity index (χ0v) is 13.6. The SMILES string of the molecule is COCCNCc1nc(-c2ccc(Br)cc2Cl)cs1. The molecule has 6 heteroatoms. The first kappa shape index (κ1) is 14.9. The van der Waals surface area contributed by atoms with Gasteiger partial charge in [-0.3, -0.25) is 0 Å². The van der Waals surface area contributed by atoms with Crippen molar-refractivity contribution in [1.82, 2.24) is 10.3 Å². The van der Waals surface area contributed by atoms with Gasteiger partial charge in [-0.25, -0.2) is 4.98 Å². The van der Waals surface area contributed by atoms with E-state index in [4.69, 9.17) is 16.3 Å². The predicted molar refractivity (Wildman–Crippen MR) is 83.8 cm³/mol. The lowest BCUT2D eigenvalue weighted by molar-refractivity contribution is 0.199. The molecule has 1 heterocycles. The minimum absolute atomic E-state index is 0.705. The molecule has 0 saturated heterocycles. The van der Waals surface area contributed by atoms with Crippen LogP contribution in [-0.2, 0) is 11.3 Å². The van der Waals surface area contributed by atoms with Crippen LogP contribution in [0.15, 0.2) is 28.1 Å². The van der Waals surface area contributed by atoms with Gasteiger partial charge < -0.3 is 10.1 Å². The Hall–Kier alpha value is -0.460. The van der Waals surface area contributed by atoms with Crippen molar-refractivity contribution in [2.24, 2.45) is 0 Å². The second-order valence-electron chi connectivity index (χ2n) is 3.92. The molecule has 0 unspecified atom stereocenters. The van der Waals surface area contributed by atoms with E-state index in [0.29, 0.717) is 11.6 Å². The lowest BCUT2D eigenvalue weighted by Gasteiger charge is -2.02. The molecule has 0 spiro atoms. The number of benzene rings is 1. The Morgan fingerprint density at radius 3 is 3.05 bits per heavy atom. The summed E-state index contributed by atoms with van der Waals surface area (Å²) >= 11 is 11.3. The molecule has 0 saturated carbocycles. The summed E-state index contributed by atoms with van der Waals surface area (Å²) in [5, 5.41) is 7.06. The highest BCUT2D eigenvalue weighted by Crippen LogP contribution is 2.31. The maximum atomic E-state index is 6.22. The summed E-state index contributed by atoms with van der Waals surface area (Å²) in [5.74, 6) is 0. The van der Waals surface area contributed by atoms with E-state index in [0.717, 1.165) is 33.8 Å². The second-order valence-corrected chi connectivity index (χ2v) is 6.19. The zero-order valence-electron chi connectivity index (χ0n) is 10.5. The number of thiazole rings is 1. The first-order chi connectivity index (χ1) is 9.20. The molecule has 0 bridgehead atoms. The number of ether oxygens (including phenoxy) is 1. The number of halogens is 2. The third kappa shape index (κ3) is 4.26. The largest absolute Gasteiger partial charge is 0.383 e. The van der Waals surface area contributed by atoms with Gasteiger partial charge in [0.2, 0.25) is 0 Å². The molecule has 0 aliphatic rings. The van der Waals surface area contributed by atoms with E-state index in [2.05, 4.69) is 26.2 Å². The van der Waals surface area contributed by atoms with E-state index in [1.165, 1.54) is 0 Å². The van der Waals surface area contributed by atoms with Gasteiger partial charge in [-0.05, 0) is 12.1 Å². The van der Waals surface area contributed by atoms with E-state index in [1.54, 1.807) is 18.4 Å². The Bertz CT molecular complexity index is 547. The molecular formula is C13H14BrClN2OS. The van der Waals surface area contributed by atoms with E-state index in [1.807, 2.05) is 23.6 Å². The number of hydrogen-bond acceptors (Lipinski definition) is 4. The average molecular weight is 362 g/mol. The van der Waals surface area contributed by atoms with E-state index in [9.17, 15) is 0 Å². The van der Waals surface area contributed by atoms with E-state index < -0.39 is 0 Å². The molecule has 3 nitrogen and oxygen atoms in total. The van der Waals surface area contributed by atoms with E-state index >= 15 is 0 Å². The number of nitrogens with one attached hydrogen (secondary N) is 1. The van der Waals surface area contributed by atoms with Crippen molar-refractivity contribution in [3.05, 3.63) is 38.1 Å². The van der Waals surface area contributed by atoms with Gasteiger partial charge in [0.05, 0.1) is 17.3 Å². The molecule has 102 valence electrons. The van der Waals surface area contributed by atoms with Gasteiger partial charge in [-0.15, -0.1) is 11.3 Å². The predicted octanol–water partition coefficient (Wildman–Crippen LogP) is 3.96. The standard InChI is InChI=1S/C13H14BrClN2OS/c1-18-5-4-16-7-13-17-12(8-19-13)10-3-2-9(14)6-11(10)15/h2-3,6,8,16H,4-5,7H2,1H3. The molecule has 0 amide bonds. The lowest BCUT2D eigenvalue weighted by atomic mass is 10.2. The molecule has 1 aromatic heterocycles. The summed E-state index contributed by atoms with van der Waals surface area (Å²) in [5.41, 5.74) is 1.88. The summed E-state index contributed by atoms with van der Waals surface area (Å²) in [7, 11) is 1.69. The molecule has 0 atom stereocenters. The normalized spacial score (nSPS) is 10.9. The fraction of sp³-hybridized carbons (Fsp3) is 0.308. The van der Waals surface area contributed by atoms with Crippen molar-refractivity contribution >= 4 is 38.9 Å². The third-order valence-electron chi connectivity index (χ3n) is 2.52. The summed E-state index contributed by atoms with van der Waals surface area (Å²) in [4.78, 5) is 4.58. The van der Waals surface area contributed by atoms with Crippen LogP contribution in [-0.4, -0.2) is 25.2 Å². The number of hydrogen-bond donors (Lipinski definition) is 1. The van der Waals surface area contributed by atoms with Gasteiger partial charge in [-0.2, -0.15) is 0 Å². The molecule has 2 rings (SSSR count). The zero-order chi connectivity index (χ0) is 13.7. The first-order valence-electron chi connectivity index (χ1n) is 5.80. The van der Waals surface area contributed by atoms with Crippen LogP contribution < -0.4 is 5.32 Å². The Morgan fingerprint density at radius 1 is 1.47 bits per heavy atom. The molecule has 1 N–H and O–H groups in total. The van der Waals surface area contributed by atoms with Gasteiger partial charge in [0.15, 0.2) is 0 Å². The molecule has 0 fully saturated rings. The highest BCUT2D eigenvalue weighted by Gasteiger charge is 2.08. The van der Waals surface area contributed by atoms with Crippen molar-refractivity contribution in [3.63, 3.8) is 0 Å². The molecule has 0 radical (unpaired) electrons. The molecule has 0 aliphatic heterocycles. The van der Waals surface area contributed by atoms with Crippen LogP contribution in [0, 0.1) is 0 Å². The number of methoxy groups -OCH3 is 1. The maximum absolute atomic E-state index is 6.22.